The number of anilines is 2. The van der Waals surface area contributed by atoms with Crippen molar-refractivity contribution in [3.05, 3.63) is 41.1 Å². The molecule has 0 bridgehead atoms. The zero-order chi connectivity index (χ0) is 21.5. The van der Waals surface area contributed by atoms with Gasteiger partial charge in [0.15, 0.2) is 0 Å². The second-order valence-corrected chi connectivity index (χ2v) is 7.10. The average Bonchev–Trinajstić information content (AvgIpc) is 3.16. The van der Waals surface area contributed by atoms with Crippen LogP contribution >= 0.6 is 0 Å². The number of fused-ring (bicyclic) bond motifs is 1. The monoisotopic (exact) mass is 406 g/mol. The number of benzene rings is 1. The van der Waals surface area contributed by atoms with E-state index in [0.717, 1.165) is 5.56 Å². The molecule has 2 aromatic rings. The number of nitrogens with one attached hydrogen (secondary N) is 1. The van der Waals surface area contributed by atoms with Gasteiger partial charge in [0, 0.05) is 18.7 Å². The largest absolute Gasteiger partial charge is 0.497 e. The molecule has 1 aromatic heterocycles. The van der Waals surface area contributed by atoms with E-state index in [1.54, 1.807) is 18.2 Å². The number of aromatic nitrogens is 2. The number of hydrogen-bond donors (Lipinski definition) is 3. The van der Waals surface area contributed by atoms with Crippen molar-refractivity contribution < 1.29 is 19.1 Å². The average molecular weight is 406 g/mol. The van der Waals surface area contributed by atoms with Crippen LogP contribution < -0.4 is 21.5 Å². The third-order valence-electron chi connectivity index (χ3n) is 5.08. The first-order chi connectivity index (χ1) is 14.3. The smallest absolute Gasteiger partial charge is 0.254 e. The molecule has 2 aliphatic heterocycles. The minimum atomic E-state index is -1.41. The van der Waals surface area contributed by atoms with Crippen LogP contribution in [0.25, 0.3) is 0 Å². The van der Waals surface area contributed by atoms with Gasteiger partial charge in [-0.25, -0.2) is 4.98 Å². The molecule has 1 fully saturated rings. The highest BCUT2D eigenvalue weighted by Gasteiger charge is 2.48. The van der Waals surface area contributed by atoms with Gasteiger partial charge in [-0.2, -0.15) is 4.98 Å². The SMILES string of the molecule is COc1ccc2c(c1)C(=O)N(C[C@@]1(C#Cc3cnc(N)nc3N)CC(=O)NC1=O)C2. The minimum absolute atomic E-state index is 0.00240. The molecule has 0 unspecified atom stereocenters. The molecule has 0 saturated carbocycles. The van der Waals surface area contributed by atoms with E-state index >= 15 is 0 Å². The second-order valence-electron chi connectivity index (χ2n) is 7.10. The van der Waals surface area contributed by atoms with Crippen LogP contribution in [0, 0.1) is 17.3 Å². The number of methoxy groups -OCH3 is 1. The molecule has 5 N–H and O–H groups in total. The maximum Gasteiger partial charge on any atom is 0.254 e. The molecular weight excluding hydrogens is 388 g/mol. The van der Waals surface area contributed by atoms with Crippen LogP contribution in [-0.2, 0) is 16.1 Å². The van der Waals surface area contributed by atoms with Crippen LogP contribution in [-0.4, -0.2) is 46.2 Å². The number of hydrogen-bond acceptors (Lipinski definition) is 8. The molecule has 0 spiro atoms. The van der Waals surface area contributed by atoms with Crippen molar-refractivity contribution in [2.24, 2.45) is 5.41 Å². The van der Waals surface area contributed by atoms with E-state index < -0.39 is 17.2 Å². The summed E-state index contributed by atoms with van der Waals surface area (Å²) in [4.78, 5) is 46.7. The Labute approximate surface area is 171 Å². The van der Waals surface area contributed by atoms with E-state index in [2.05, 4.69) is 27.1 Å². The molecule has 1 atom stereocenters. The summed E-state index contributed by atoms with van der Waals surface area (Å²) >= 11 is 0. The minimum Gasteiger partial charge on any atom is -0.497 e. The maximum absolute atomic E-state index is 12.9. The lowest BCUT2D eigenvalue weighted by atomic mass is 9.85. The Morgan fingerprint density at radius 2 is 2.10 bits per heavy atom. The van der Waals surface area contributed by atoms with Crippen molar-refractivity contribution in [2.45, 2.75) is 13.0 Å². The van der Waals surface area contributed by atoms with E-state index in [-0.39, 0.29) is 36.2 Å². The number of imide groups is 1. The summed E-state index contributed by atoms with van der Waals surface area (Å²) in [5, 5.41) is 2.28. The van der Waals surface area contributed by atoms with Crippen LogP contribution in [0.1, 0.15) is 27.9 Å². The molecule has 3 heterocycles. The first kappa shape index (κ1) is 19.2. The van der Waals surface area contributed by atoms with Crippen molar-refractivity contribution in [1.82, 2.24) is 20.2 Å². The second kappa shape index (κ2) is 7.04. The predicted octanol–water partition coefficient (Wildman–Crippen LogP) is -0.310. The van der Waals surface area contributed by atoms with Crippen molar-refractivity contribution in [3.8, 4) is 17.6 Å². The molecule has 152 valence electrons. The number of carbonyl (C=O) groups is 3. The molecule has 1 saturated heterocycles. The summed E-state index contributed by atoms with van der Waals surface area (Å²) < 4.78 is 5.18. The molecule has 0 aliphatic carbocycles. The Kier molecular flexibility index (Phi) is 4.50. The molecule has 10 nitrogen and oxygen atoms in total. The molecule has 4 rings (SSSR count). The molecule has 10 heteroatoms. The predicted molar refractivity (Wildman–Crippen MR) is 106 cm³/mol. The van der Waals surface area contributed by atoms with Crippen LogP contribution in [0.3, 0.4) is 0 Å². The van der Waals surface area contributed by atoms with Gasteiger partial charge in [-0.15, -0.1) is 0 Å². The first-order valence-electron chi connectivity index (χ1n) is 9.03. The fourth-order valence-corrected chi connectivity index (χ4v) is 3.53. The van der Waals surface area contributed by atoms with Gasteiger partial charge in [-0.05, 0) is 17.7 Å². The van der Waals surface area contributed by atoms with Crippen LogP contribution in [0.5, 0.6) is 5.75 Å². The van der Waals surface area contributed by atoms with Gasteiger partial charge in [-0.3, -0.25) is 19.7 Å². The lowest BCUT2D eigenvalue weighted by Crippen LogP contribution is -2.42. The maximum atomic E-state index is 12.9. The Bertz CT molecular complexity index is 1150. The van der Waals surface area contributed by atoms with Crippen molar-refractivity contribution in [1.29, 1.82) is 0 Å². The third-order valence-corrected chi connectivity index (χ3v) is 5.08. The molecule has 2 aliphatic rings. The fourth-order valence-electron chi connectivity index (χ4n) is 3.53. The Hall–Kier alpha value is -4.13. The van der Waals surface area contributed by atoms with Crippen molar-refractivity contribution in [2.75, 3.05) is 25.1 Å². The van der Waals surface area contributed by atoms with Gasteiger partial charge >= 0.3 is 0 Å². The quantitative estimate of drug-likeness (QED) is 0.463. The summed E-state index contributed by atoms with van der Waals surface area (Å²) in [6, 6.07) is 5.22. The summed E-state index contributed by atoms with van der Waals surface area (Å²) in [7, 11) is 1.52. The third kappa shape index (κ3) is 3.26. The van der Waals surface area contributed by atoms with Gasteiger partial charge < -0.3 is 21.1 Å². The zero-order valence-electron chi connectivity index (χ0n) is 16.1. The summed E-state index contributed by atoms with van der Waals surface area (Å²) in [5.41, 5.74) is 11.5. The van der Waals surface area contributed by atoms with Gasteiger partial charge in [-0.1, -0.05) is 17.9 Å². The first-order valence-corrected chi connectivity index (χ1v) is 9.03. The highest BCUT2D eigenvalue weighted by atomic mass is 16.5. The summed E-state index contributed by atoms with van der Waals surface area (Å²) in [6.45, 7) is 0.249. The van der Waals surface area contributed by atoms with Crippen LogP contribution in [0.4, 0.5) is 11.8 Å². The zero-order valence-corrected chi connectivity index (χ0v) is 16.1. The number of ether oxygens (including phenoxy) is 1. The highest BCUT2D eigenvalue weighted by molar-refractivity contribution is 6.08. The van der Waals surface area contributed by atoms with Crippen LogP contribution in [0.2, 0.25) is 0 Å². The van der Waals surface area contributed by atoms with E-state index in [9.17, 15) is 14.4 Å². The number of amides is 3. The fraction of sp³-hybridized carbons (Fsp3) is 0.250. The van der Waals surface area contributed by atoms with Crippen LogP contribution in [0.15, 0.2) is 24.4 Å². The molecule has 0 radical (unpaired) electrons. The Morgan fingerprint density at radius 1 is 1.30 bits per heavy atom. The van der Waals surface area contributed by atoms with E-state index in [1.165, 1.54) is 18.2 Å². The van der Waals surface area contributed by atoms with Crippen molar-refractivity contribution in [3.63, 3.8) is 0 Å². The van der Waals surface area contributed by atoms with E-state index in [4.69, 9.17) is 16.2 Å². The molecular formula is C20H18N6O4. The number of nitrogens with two attached hydrogens (primary N) is 2. The number of nitrogen functional groups attached to an aromatic ring is 2. The van der Waals surface area contributed by atoms with E-state index in [1.807, 2.05) is 0 Å². The van der Waals surface area contributed by atoms with Gasteiger partial charge in [0.2, 0.25) is 17.8 Å². The highest BCUT2D eigenvalue weighted by Crippen LogP contribution is 2.33. The summed E-state index contributed by atoms with van der Waals surface area (Å²) in [5.74, 6) is 4.97. The Balaban J connectivity index is 1.66. The topological polar surface area (TPSA) is 154 Å². The number of carbonyl (C=O) groups excluding carboxylic acids is 3. The lowest BCUT2D eigenvalue weighted by Gasteiger charge is -2.25. The molecule has 3 amide bonds. The van der Waals surface area contributed by atoms with Gasteiger partial charge in [0.1, 0.15) is 17.0 Å². The number of nitrogens with zero attached hydrogens (tertiary/aromatic N) is 3. The molecule has 30 heavy (non-hydrogen) atoms. The molecule has 1 aromatic carbocycles. The van der Waals surface area contributed by atoms with Gasteiger partial charge in [0.05, 0.1) is 25.3 Å². The van der Waals surface area contributed by atoms with Crippen molar-refractivity contribution >= 4 is 29.5 Å². The van der Waals surface area contributed by atoms with E-state index in [0.29, 0.717) is 17.9 Å². The van der Waals surface area contributed by atoms with Gasteiger partial charge in [0.25, 0.3) is 5.91 Å². The number of rotatable bonds is 3. The Morgan fingerprint density at radius 3 is 2.77 bits per heavy atom. The summed E-state index contributed by atoms with van der Waals surface area (Å²) in [6.07, 6.45) is 1.17. The standard InChI is InChI=1S/C20H18N6O4/c1-30-13-3-2-12-9-26(17(28)14(12)6-13)10-20(7-15(27)24-18(20)29)5-4-11-8-23-19(22)25-16(11)21/h2-3,6,8H,7,9-10H2,1H3,(H,24,27,29)(H4,21,22,23,25)/t20-/m1/s1. The normalized spacial score (nSPS) is 19.9. The lowest BCUT2D eigenvalue weighted by molar-refractivity contribution is -0.127.